The Hall–Kier alpha value is -2.95. The minimum absolute atomic E-state index is 0.607. The normalized spacial score (nSPS) is 10.5. The lowest BCUT2D eigenvalue weighted by molar-refractivity contribution is 1.08. The van der Waals surface area contributed by atoms with Crippen LogP contribution in [0.1, 0.15) is 19.4 Å². The zero-order valence-corrected chi connectivity index (χ0v) is 14.4. The third-order valence-corrected chi connectivity index (χ3v) is 3.85. The molecule has 0 aliphatic rings. The van der Waals surface area contributed by atoms with E-state index in [0.29, 0.717) is 5.78 Å². The van der Waals surface area contributed by atoms with Gasteiger partial charge in [-0.3, -0.25) is 4.40 Å². The first-order valence-corrected chi connectivity index (χ1v) is 8.13. The molecule has 4 rings (SSSR count). The first kappa shape index (κ1) is 15.9. The Morgan fingerprint density at radius 3 is 2.50 bits per heavy atom. The average molecular weight is 319 g/mol. The van der Waals surface area contributed by atoms with Gasteiger partial charge in [0.2, 0.25) is 0 Å². The quantitative estimate of drug-likeness (QED) is 0.550. The molecule has 2 aromatic carbocycles. The van der Waals surface area contributed by atoms with E-state index in [1.807, 2.05) is 43.5 Å². The highest BCUT2D eigenvalue weighted by Gasteiger charge is 2.14. The predicted molar refractivity (Wildman–Crippen MR) is 98.9 cm³/mol. The van der Waals surface area contributed by atoms with Gasteiger partial charge in [-0.2, -0.15) is 4.98 Å². The number of aryl methyl sites for hydroxylation is 1. The first-order chi connectivity index (χ1) is 11.7. The molecule has 0 aliphatic heterocycles. The van der Waals surface area contributed by atoms with Gasteiger partial charge in [-0.1, -0.05) is 38.1 Å². The van der Waals surface area contributed by atoms with Gasteiger partial charge in [-0.15, -0.1) is 10.2 Å². The lowest BCUT2D eigenvalue weighted by Gasteiger charge is -2.20. The number of hydrogen-bond donors (Lipinski definition) is 0. The minimum atomic E-state index is 0.607. The molecule has 0 aliphatic carbocycles. The fraction of sp³-hybridized carbons (Fsp3) is 0.211. The van der Waals surface area contributed by atoms with Crippen molar-refractivity contribution in [2.75, 3.05) is 11.9 Å². The fourth-order valence-corrected chi connectivity index (χ4v) is 2.69. The summed E-state index contributed by atoms with van der Waals surface area (Å²) in [5, 5.41) is 9.17. The van der Waals surface area contributed by atoms with Gasteiger partial charge < -0.3 is 4.90 Å². The van der Waals surface area contributed by atoms with E-state index in [-0.39, 0.29) is 0 Å². The van der Waals surface area contributed by atoms with Gasteiger partial charge in [-0.25, -0.2) is 0 Å². The molecule has 0 unspecified atom stereocenters. The molecule has 122 valence electrons. The Labute approximate surface area is 141 Å². The van der Waals surface area contributed by atoms with E-state index in [1.54, 1.807) is 6.33 Å². The predicted octanol–water partition coefficient (Wildman–Crippen LogP) is 4.38. The molecule has 4 aromatic rings. The third kappa shape index (κ3) is 2.69. The number of para-hydroxylation sites is 1. The topological polar surface area (TPSA) is 46.3 Å². The zero-order valence-electron chi connectivity index (χ0n) is 14.4. The Morgan fingerprint density at radius 1 is 1.00 bits per heavy atom. The Morgan fingerprint density at radius 2 is 1.75 bits per heavy atom. The van der Waals surface area contributed by atoms with Crippen molar-refractivity contribution in [1.82, 2.24) is 19.6 Å². The largest absolute Gasteiger partial charge is 0.329 e. The number of rotatable bonds is 2. The van der Waals surface area contributed by atoms with Crippen LogP contribution in [-0.4, -0.2) is 26.6 Å². The van der Waals surface area contributed by atoms with Gasteiger partial charge in [0.15, 0.2) is 0 Å². The number of hydrogen-bond acceptors (Lipinski definition) is 4. The molecule has 0 fully saturated rings. The summed E-state index contributed by atoms with van der Waals surface area (Å²) < 4.78 is 1.92. The van der Waals surface area contributed by atoms with Crippen LogP contribution in [-0.2, 0) is 0 Å². The Kier molecular flexibility index (Phi) is 4.42. The Bertz CT molecular complexity index is 959. The van der Waals surface area contributed by atoms with Crippen molar-refractivity contribution >= 4 is 28.2 Å². The molecule has 0 saturated heterocycles. The van der Waals surface area contributed by atoms with Crippen molar-refractivity contribution in [3.05, 3.63) is 60.4 Å². The van der Waals surface area contributed by atoms with E-state index in [9.17, 15) is 0 Å². The molecule has 0 N–H and O–H groups in total. The zero-order chi connectivity index (χ0) is 17.1. The van der Waals surface area contributed by atoms with Crippen molar-refractivity contribution in [2.24, 2.45) is 0 Å². The van der Waals surface area contributed by atoms with Crippen LogP contribution in [0.4, 0.5) is 11.5 Å². The molecule has 0 atom stereocenters. The van der Waals surface area contributed by atoms with E-state index >= 15 is 0 Å². The number of aromatic nitrogens is 4. The summed E-state index contributed by atoms with van der Waals surface area (Å²) in [5.74, 6) is 1.48. The van der Waals surface area contributed by atoms with Crippen molar-refractivity contribution in [1.29, 1.82) is 0 Å². The summed E-state index contributed by atoms with van der Waals surface area (Å²) in [5.41, 5.74) is 3.34. The maximum absolute atomic E-state index is 4.68. The highest BCUT2D eigenvalue weighted by atomic mass is 15.3. The lowest BCUT2D eigenvalue weighted by Crippen LogP contribution is -2.12. The SMILES string of the molecule is CC.Cc1ccc2c(N(C)c3ccccc3)nc3nncn3c2c1. The van der Waals surface area contributed by atoms with E-state index in [0.717, 1.165) is 22.4 Å². The maximum atomic E-state index is 4.68. The highest BCUT2D eigenvalue weighted by molar-refractivity contribution is 5.93. The molecule has 2 aromatic heterocycles. The van der Waals surface area contributed by atoms with Crippen LogP contribution in [0.2, 0.25) is 0 Å². The van der Waals surface area contributed by atoms with E-state index < -0.39 is 0 Å². The van der Waals surface area contributed by atoms with Crippen LogP contribution in [0, 0.1) is 6.92 Å². The smallest absolute Gasteiger partial charge is 0.257 e. The monoisotopic (exact) mass is 319 g/mol. The molecule has 2 heterocycles. The lowest BCUT2D eigenvalue weighted by atomic mass is 10.1. The molecular formula is C19H21N5. The number of fused-ring (bicyclic) bond motifs is 3. The van der Waals surface area contributed by atoms with Crippen LogP contribution in [0.25, 0.3) is 16.7 Å². The van der Waals surface area contributed by atoms with Crippen molar-refractivity contribution in [3.63, 3.8) is 0 Å². The van der Waals surface area contributed by atoms with Crippen LogP contribution in [0.5, 0.6) is 0 Å². The van der Waals surface area contributed by atoms with Gasteiger partial charge >= 0.3 is 0 Å². The van der Waals surface area contributed by atoms with Crippen LogP contribution < -0.4 is 4.90 Å². The van der Waals surface area contributed by atoms with Crippen molar-refractivity contribution in [3.8, 4) is 0 Å². The minimum Gasteiger partial charge on any atom is -0.329 e. The second-order valence-corrected chi connectivity index (χ2v) is 5.35. The molecule has 24 heavy (non-hydrogen) atoms. The van der Waals surface area contributed by atoms with Crippen LogP contribution in [0.15, 0.2) is 54.9 Å². The number of anilines is 2. The summed E-state index contributed by atoms with van der Waals surface area (Å²) in [7, 11) is 2.02. The average Bonchev–Trinajstić information content (AvgIpc) is 3.11. The molecular weight excluding hydrogens is 298 g/mol. The fourth-order valence-electron chi connectivity index (χ4n) is 2.69. The van der Waals surface area contributed by atoms with Crippen LogP contribution in [0.3, 0.4) is 0 Å². The standard InChI is InChI=1S/C17H15N5.C2H6/c1-12-8-9-14-15(10-12)22-11-18-20-17(22)19-16(14)21(2)13-6-4-3-5-7-13;1-2/h3-11H,1-2H3;1-2H3. The van der Waals surface area contributed by atoms with Gasteiger partial charge in [0.1, 0.15) is 12.1 Å². The summed E-state index contributed by atoms with van der Waals surface area (Å²) in [6, 6.07) is 16.5. The molecule has 0 saturated carbocycles. The van der Waals surface area contributed by atoms with E-state index in [2.05, 4.69) is 57.3 Å². The summed E-state index contributed by atoms with van der Waals surface area (Å²) in [4.78, 5) is 6.76. The summed E-state index contributed by atoms with van der Waals surface area (Å²) in [6.07, 6.45) is 1.70. The molecule has 5 nitrogen and oxygen atoms in total. The van der Waals surface area contributed by atoms with E-state index in [1.165, 1.54) is 5.56 Å². The highest BCUT2D eigenvalue weighted by Crippen LogP contribution is 2.30. The molecule has 0 bridgehead atoms. The van der Waals surface area contributed by atoms with Gasteiger partial charge in [-0.05, 0) is 36.8 Å². The second kappa shape index (κ2) is 6.66. The first-order valence-electron chi connectivity index (χ1n) is 8.13. The van der Waals surface area contributed by atoms with Crippen molar-refractivity contribution < 1.29 is 0 Å². The van der Waals surface area contributed by atoms with Gasteiger partial charge in [0, 0.05) is 18.1 Å². The summed E-state index contributed by atoms with van der Waals surface area (Å²) in [6.45, 7) is 6.08. The summed E-state index contributed by atoms with van der Waals surface area (Å²) >= 11 is 0. The van der Waals surface area contributed by atoms with Gasteiger partial charge in [0.25, 0.3) is 5.78 Å². The third-order valence-electron chi connectivity index (χ3n) is 3.85. The number of nitrogens with zero attached hydrogens (tertiary/aromatic N) is 5. The molecule has 0 spiro atoms. The molecule has 0 amide bonds. The number of benzene rings is 2. The molecule has 0 radical (unpaired) electrons. The Balaban J connectivity index is 0.000000815. The van der Waals surface area contributed by atoms with E-state index in [4.69, 9.17) is 0 Å². The molecule has 5 heteroatoms. The van der Waals surface area contributed by atoms with Gasteiger partial charge in [0.05, 0.1) is 5.52 Å². The second-order valence-electron chi connectivity index (χ2n) is 5.35. The maximum Gasteiger partial charge on any atom is 0.257 e. The van der Waals surface area contributed by atoms with Crippen molar-refractivity contribution in [2.45, 2.75) is 20.8 Å². The van der Waals surface area contributed by atoms with Crippen LogP contribution >= 0.6 is 0 Å².